The molecule has 28 heavy (non-hydrogen) atoms. The van der Waals surface area contributed by atoms with Crippen molar-refractivity contribution in [2.75, 3.05) is 0 Å². The topological polar surface area (TPSA) is 71.9 Å². The first-order valence-electron chi connectivity index (χ1n) is 8.95. The summed E-state index contributed by atoms with van der Waals surface area (Å²) in [4.78, 5) is 10.6. The maximum atomic E-state index is 11.0. The van der Waals surface area contributed by atoms with Gasteiger partial charge in [-0.15, -0.1) is 0 Å². The zero-order valence-corrected chi connectivity index (χ0v) is 16.4. The Balaban J connectivity index is 2.11. The number of nitro benzene ring substituents is 1. The van der Waals surface area contributed by atoms with Crippen LogP contribution in [0, 0.1) is 49.1 Å². The summed E-state index contributed by atoms with van der Waals surface area (Å²) in [7, 11) is 0. The standard InChI is InChI=1S/C23H21N3O2/c1-15-8-9-23(16(2)10-15)25-17(3)11-20(18(25)4)12-21(14-24)19-6-5-7-22(13-19)26(27)28/h5-13H,1-4H3/b21-12-. The Hall–Kier alpha value is -3.65. The van der Waals surface area contributed by atoms with Gasteiger partial charge in [-0.25, -0.2) is 0 Å². The van der Waals surface area contributed by atoms with E-state index in [9.17, 15) is 15.4 Å². The number of non-ortho nitro benzene ring substituents is 1. The van der Waals surface area contributed by atoms with Crippen LogP contribution in [0.15, 0.2) is 48.5 Å². The van der Waals surface area contributed by atoms with Crippen molar-refractivity contribution >= 4 is 17.3 Å². The number of hydrogen-bond acceptors (Lipinski definition) is 3. The van der Waals surface area contributed by atoms with E-state index in [1.807, 2.05) is 19.9 Å². The van der Waals surface area contributed by atoms with Crippen LogP contribution in [0.1, 0.15) is 33.6 Å². The molecule has 0 spiro atoms. The Labute approximate surface area is 164 Å². The van der Waals surface area contributed by atoms with E-state index in [0.29, 0.717) is 11.1 Å². The van der Waals surface area contributed by atoms with Gasteiger partial charge in [0.2, 0.25) is 0 Å². The molecule has 1 heterocycles. The molecule has 5 heteroatoms. The van der Waals surface area contributed by atoms with Gasteiger partial charge < -0.3 is 4.57 Å². The van der Waals surface area contributed by atoms with Crippen LogP contribution in [-0.4, -0.2) is 9.49 Å². The number of aryl methyl sites for hydroxylation is 3. The molecule has 3 rings (SSSR count). The monoisotopic (exact) mass is 371 g/mol. The summed E-state index contributed by atoms with van der Waals surface area (Å²) >= 11 is 0. The molecule has 1 aromatic heterocycles. The fourth-order valence-corrected chi connectivity index (χ4v) is 3.48. The number of benzene rings is 2. The lowest BCUT2D eigenvalue weighted by Gasteiger charge is -2.13. The van der Waals surface area contributed by atoms with E-state index in [1.165, 1.54) is 23.3 Å². The van der Waals surface area contributed by atoms with Crippen molar-refractivity contribution in [2.24, 2.45) is 0 Å². The van der Waals surface area contributed by atoms with Crippen molar-refractivity contribution in [2.45, 2.75) is 27.7 Å². The molecule has 0 bridgehead atoms. The average Bonchev–Trinajstić information content (AvgIpc) is 2.93. The van der Waals surface area contributed by atoms with Crippen molar-refractivity contribution in [3.05, 3.63) is 92.3 Å². The summed E-state index contributed by atoms with van der Waals surface area (Å²) in [6.45, 7) is 8.20. The SMILES string of the molecule is Cc1ccc(-n2c(C)cc(/C=C(/C#N)c3cccc([N+](=O)[O-])c3)c2C)c(C)c1. The van der Waals surface area contributed by atoms with E-state index in [2.05, 4.69) is 42.7 Å². The second-order valence-corrected chi connectivity index (χ2v) is 6.93. The Morgan fingerprint density at radius 1 is 1.11 bits per heavy atom. The zero-order chi connectivity index (χ0) is 20.4. The van der Waals surface area contributed by atoms with Gasteiger partial charge in [-0.3, -0.25) is 10.1 Å². The zero-order valence-electron chi connectivity index (χ0n) is 16.4. The molecule has 5 nitrogen and oxygen atoms in total. The molecule has 3 aromatic rings. The minimum absolute atomic E-state index is 0.0283. The number of hydrogen-bond donors (Lipinski definition) is 0. The highest BCUT2D eigenvalue weighted by atomic mass is 16.6. The molecule has 0 saturated heterocycles. The van der Waals surface area contributed by atoms with E-state index < -0.39 is 4.92 Å². The van der Waals surface area contributed by atoms with Crippen LogP contribution < -0.4 is 0 Å². The minimum atomic E-state index is -0.454. The van der Waals surface area contributed by atoms with E-state index in [0.717, 1.165) is 22.6 Å². The van der Waals surface area contributed by atoms with E-state index >= 15 is 0 Å². The van der Waals surface area contributed by atoms with E-state index in [-0.39, 0.29) is 5.69 Å². The Kier molecular flexibility index (Phi) is 5.14. The fraction of sp³-hybridized carbons (Fsp3) is 0.174. The third-order valence-corrected chi connectivity index (χ3v) is 4.85. The first kappa shape index (κ1) is 19.1. The molecule has 140 valence electrons. The van der Waals surface area contributed by atoms with Crippen molar-refractivity contribution in [3.63, 3.8) is 0 Å². The second-order valence-electron chi connectivity index (χ2n) is 6.93. The fourth-order valence-electron chi connectivity index (χ4n) is 3.48. The first-order chi connectivity index (χ1) is 13.3. The van der Waals surface area contributed by atoms with Gasteiger partial charge >= 0.3 is 0 Å². The van der Waals surface area contributed by atoms with Crippen molar-refractivity contribution in [1.82, 2.24) is 4.57 Å². The number of nitro groups is 1. The van der Waals surface area contributed by atoms with Crippen LogP contribution in [0.4, 0.5) is 5.69 Å². The molecule has 0 radical (unpaired) electrons. The highest BCUT2D eigenvalue weighted by Gasteiger charge is 2.14. The maximum Gasteiger partial charge on any atom is 0.270 e. The molecule has 0 N–H and O–H groups in total. The van der Waals surface area contributed by atoms with Gasteiger partial charge in [0, 0.05) is 29.2 Å². The van der Waals surface area contributed by atoms with Gasteiger partial charge in [0.05, 0.1) is 16.6 Å². The van der Waals surface area contributed by atoms with Gasteiger partial charge in [0.1, 0.15) is 0 Å². The molecule has 2 aromatic carbocycles. The van der Waals surface area contributed by atoms with Gasteiger partial charge in [-0.1, -0.05) is 29.8 Å². The molecule has 0 saturated carbocycles. The second kappa shape index (κ2) is 7.53. The van der Waals surface area contributed by atoms with Crippen LogP contribution in [0.3, 0.4) is 0 Å². The number of aromatic nitrogens is 1. The molecule has 0 aliphatic rings. The summed E-state index contributed by atoms with van der Waals surface area (Å²) in [5.74, 6) is 0. The summed E-state index contributed by atoms with van der Waals surface area (Å²) in [5, 5.41) is 20.7. The lowest BCUT2D eigenvalue weighted by Crippen LogP contribution is -2.01. The van der Waals surface area contributed by atoms with Crippen LogP contribution in [-0.2, 0) is 0 Å². The number of allylic oxidation sites excluding steroid dienone is 1. The number of rotatable bonds is 4. The molecule has 0 aliphatic heterocycles. The normalized spacial score (nSPS) is 11.3. The summed E-state index contributed by atoms with van der Waals surface area (Å²) < 4.78 is 2.17. The largest absolute Gasteiger partial charge is 0.318 e. The van der Waals surface area contributed by atoms with Gasteiger partial charge in [-0.05, 0) is 62.6 Å². The maximum absolute atomic E-state index is 11.0. The van der Waals surface area contributed by atoms with Crippen LogP contribution in [0.2, 0.25) is 0 Å². The number of nitriles is 1. The summed E-state index contributed by atoms with van der Waals surface area (Å²) in [5.41, 5.74) is 7.39. The Bertz CT molecular complexity index is 1150. The van der Waals surface area contributed by atoms with Crippen molar-refractivity contribution in [1.29, 1.82) is 5.26 Å². The van der Waals surface area contributed by atoms with Crippen molar-refractivity contribution in [3.8, 4) is 11.8 Å². The van der Waals surface area contributed by atoms with Crippen LogP contribution >= 0.6 is 0 Å². The quantitative estimate of drug-likeness (QED) is 0.336. The summed E-state index contributed by atoms with van der Waals surface area (Å²) in [6, 6.07) is 16.7. The van der Waals surface area contributed by atoms with Gasteiger partial charge in [0.25, 0.3) is 5.69 Å². The lowest BCUT2D eigenvalue weighted by molar-refractivity contribution is -0.384. The highest BCUT2D eigenvalue weighted by Crippen LogP contribution is 2.28. The number of nitrogens with zero attached hydrogens (tertiary/aromatic N) is 3. The summed E-state index contributed by atoms with van der Waals surface area (Å²) in [6.07, 6.45) is 1.79. The van der Waals surface area contributed by atoms with E-state index in [4.69, 9.17) is 0 Å². The van der Waals surface area contributed by atoms with Crippen LogP contribution in [0.5, 0.6) is 0 Å². The Morgan fingerprint density at radius 2 is 1.86 bits per heavy atom. The first-order valence-corrected chi connectivity index (χ1v) is 8.95. The lowest BCUT2D eigenvalue weighted by atomic mass is 10.0. The molecule has 0 aliphatic carbocycles. The van der Waals surface area contributed by atoms with E-state index in [1.54, 1.807) is 18.2 Å². The minimum Gasteiger partial charge on any atom is -0.318 e. The molecule has 0 fully saturated rings. The smallest absolute Gasteiger partial charge is 0.270 e. The third-order valence-electron chi connectivity index (χ3n) is 4.85. The molecule has 0 atom stereocenters. The third kappa shape index (κ3) is 3.58. The van der Waals surface area contributed by atoms with Crippen LogP contribution in [0.25, 0.3) is 17.3 Å². The highest BCUT2D eigenvalue weighted by molar-refractivity contribution is 5.90. The predicted molar refractivity (Wildman–Crippen MR) is 111 cm³/mol. The molecule has 0 unspecified atom stereocenters. The Morgan fingerprint density at radius 3 is 2.50 bits per heavy atom. The average molecular weight is 371 g/mol. The van der Waals surface area contributed by atoms with Gasteiger partial charge in [0.15, 0.2) is 0 Å². The van der Waals surface area contributed by atoms with Crippen molar-refractivity contribution < 1.29 is 4.92 Å². The molecular formula is C23H21N3O2. The molecular weight excluding hydrogens is 350 g/mol. The van der Waals surface area contributed by atoms with Gasteiger partial charge in [-0.2, -0.15) is 5.26 Å². The predicted octanol–water partition coefficient (Wildman–Crippen LogP) is 5.68. The molecule has 0 amide bonds.